The van der Waals surface area contributed by atoms with Crippen molar-refractivity contribution in [3.63, 3.8) is 0 Å². The first kappa shape index (κ1) is 13.6. The van der Waals surface area contributed by atoms with E-state index < -0.39 is 0 Å². The molecule has 2 fully saturated rings. The van der Waals surface area contributed by atoms with Crippen molar-refractivity contribution in [1.29, 1.82) is 0 Å². The van der Waals surface area contributed by atoms with Crippen LogP contribution in [0.1, 0.15) is 38.5 Å². The Bertz CT molecular complexity index is 509. The Morgan fingerprint density at radius 3 is 2.80 bits per heavy atom. The Kier molecular flexibility index (Phi) is 4.05. The van der Waals surface area contributed by atoms with Crippen molar-refractivity contribution in [2.45, 2.75) is 50.6 Å². The summed E-state index contributed by atoms with van der Waals surface area (Å²) in [7, 11) is 1.72. The molecule has 110 valence electrons. The molecule has 5 heteroatoms. The Labute approximate surface area is 120 Å². The third kappa shape index (κ3) is 2.87. The van der Waals surface area contributed by atoms with Gasteiger partial charge in [0.1, 0.15) is 5.82 Å². The maximum Gasteiger partial charge on any atom is 0.266 e. The van der Waals surface area contributed by atoms with E-state index >= 15 is 0 Å². The minimum absolute atomic E-state index is 0.0464. The molecule has 1 aliphatic heterocycles. The van der Waals surface area contributed by atoms with E-state index in [4.69, 9.17) is 0 Å². The lowest BCUT2D eigenvalue weighted by atomic mass is 9.92. The number of nitrogens with one attached hydrogen (secondary N) is 1. The zero-order valence-corrected chi connectivity index (χ0v) is 12.2. The number of hydrogen-bond acceptors (Lipinski definition) is 4. The van der Waals surface area contributed by atoms with Crippen LogP contribution >= 0.6 is 0 Å². The van der Waals surface area contributed by atoms with Gasteiger partial charge in [-0.3, -0.25) is 4.79 Å². The molecule has 1 aromatic rings. The van der Waals surface area contributed by atoms with E-state index in [2.05, 4.69) is 15.3 Å². The lowest BCUT2D eigenvalue weighted by Gasteiger charge is -2.38. The van der Waals surface area contributed by atoms with Crippen LogP contribution in [0.3, 0.4) is 0 Å². The number of rotatable bonds is 4. The summed E-state index contributed by atoms with van der Waals surface area (Å²) in [5, 5.41) is 8.09. The molecular weight excluding hydrogens is 252 g/mol. The van der Waals surface area contributed by atoms with E-state index in [0.717, 1.165) is 24.9 Å². The highest BCUT2D eigenvalue weighted by Gasteiger charge is 2.25. The van der Waals surface area contributed by atoms with Crippen LogP contribution in [0.4, 0.5) is 5.82 Å². The minimum atomic E-state index is -0.0464. The number of nitrogens with zero attached hydrogens (tertiary/aromatic N) is 3. The fourth-order valence-electron chi connectivity index (χ4n) is 3.07. The average Bonchev–Trinajstić information content (AvgIpc) is 2.41. The molecule has 0 amide bonds. The van der Waals surface area contributed by atoms with E-state index in [0.29, 0.717) is 6.04 Å². The predicted molar refractivity (Wildman–Crippen MR) is 80.1 cm³/mol. The lowest BCUT2D eigenvalue weighted by Crippen LogP contribution is -2.49. The monoisotopic (exact) mass is 276 g/mol. The van der Waals surface area contributed by atoms with Gasteiger partial charge >= 0.3 is 0 Å². The average molecular weight is 276 g/mol. The van der Waals surface area contributed by atoms with Gasteiger partial charge in [0.25, 0.3) is 5.56 Å². The quantitative estimate of drug-likeness (QED) is 0.900. The van der Waals surface area contributed by atoms with Gasteiger partial charge in [-0.05, 0) is 38.2 Å². The number of piperidine rings is 1. The first-order valence-electron chi connectivity index (χ1n) is 7.78. The molecule has 2 aliphatic rings. The summed E-state index contributed by atoms with van der Waals surface area (Å²) < 4.78 is 1.43. The zero-order chi connectivity index (χ0) is 13.9. The van der Waals surface area contributed by atoms with E-state index in [1.54, 1.807) is 13.1 Å². The molecule has 1 aliphatic carbocycles. The van der Waals surface area contributed by atoms with Gasteiger partial charge < -0.3 is 10.2 Å². The molecule has 0 bridgehead atoms. The molecule has 5 nitrogen and oxygen atoms in total. The molecule has 0 spiro atoms. The fraction of sp³-hybridized carbons (Fsp3) is 0.733. The van der Waals surface area contributed by atoms with Gasteiger partial charge in [-0.2, -0.15) is 5.10 Å². The van der Waals surface area contributed by atoms with Crippen molar-refractivity contribution in [3.8, 4) is 0 Å². The van der Waals surface area contributed by atoms with Gasteiger partial charge in [-0.15, -0.1) is 0 Å². The smallest absolute Gasteiger partial charge is 0.266 e. The van der Waals surface area contributed by atoms with E-state index in [1.807, 2.05) is 6.07 Å². The molecule has 1 aromatic heterocycles. The van der Waals surface area contributed by atoms with Gasteiger partial charge in [-0.1, -0.05) is 6.42 Å². The number of hydrogen-bond donors (Lipinski definition) is 1. The maximum atomic E-state index is 11.5. The predicted octanol–water partition coefficient (Wildman–Crippen LogP) is 1.28. The summed E-state index contributed by atoms with van der Waals surface area (Å²) in [6.07, 6.45) is 7.73. The van der Waals surface area contributed by atoms with Crippen LogP contribution in [0.5, 0.6) is 0 Å². The first-order chi connectivity index (χ1) is 9.74. The lowest BCUT2D eigenvalue weighted by molar-refractivity contribution is 0.316. The van der Waals surface area contributed by atoms with Gasteiger partial charge in [0.15, 0.2) is 0 Å². The summed E-state index contributed by atoms with van der Waals surface area (Å²) in [5.41, 5.74) is -0.0464. The van der Waals surface area contributed by atoms with Crippen LogP contribution in [0.15, 0.2) is 16.9 Å². The highest BCUT2D eigenvalue weighted by Crippen LogP contribution is 2.23. The third-order valence-electron chi connectivity index (χ3n) is 4.62. The van der Waals surface area contributed by atoms with E-state index in [9.17, 15) is 4.79 Å². The van der Waals surface area contributed by atoms with Crippen molar-refractivity contribution < 1.29 is 0 Å². The van der Waals surface area contributed by atoms with Gasteiger partial charge in [-0.25, -0.2) is 4.68 Å². The minimum Gasteiger partial charge on any atom is -0.351 e. The van der Waals surface area contributed by atoms with Crippen molar-refractivity contribution in [2.75, 3.05) is 18.0 Å². The van der Waals surface area contributed by atoms with Crippen LogP contribution in [0.2, 0.25) is 0 Å². The Morgan fingerprint density at radius 2 is 2.10 bits per heavy atom. The molecule has 0 radical (unpaired) electrons. The molecule has 1 saturated carbocycles. The standard InChI is InChI=1S/C15H24N4O/c1-18-15(20)9-8-14(17-18)19-10-3-2-7-13(19)11-16-12-5-4-6-12/h8-9,12-13,16H,2-7,10-11H2,1H3. The third-order valence-corrected chi connectivity index (χ3v) is 4.62. The second-order valence-electron chi connectivity index (χ2n) is 6.03. The van der Waals surface area contributed by atoms with Crippen LogP contribution in [0, 0.1) is 0 Å². The largest absolute Gasteiger partial charge is 0.351 e. The second kappa shape index (κ2) is 5.95. The van der Waals surface area contributed by atoms with Gasteiger partial charge in [0, 0.05) is 38.3 Å². The molecule has 0 aromatic carbocycles. The fourth-order valence-corrected chi connectivity index (χ4v) is 3.07. The van der Waals surface area contributed by atoms with Crippen LogP contribution < -0.4 is 15.8 Å². The molecule has 2 heterocycles. The second-order valence-corrected chi connectivity index (χ2v) is 6.03. The molecular formula is C15H24N4O. The summed E-state index contributed by atoms with van der Waals surface area (Å²) in [5.74, 6) is 0.937. The van der Waals surface area contributed by atoms with Gasteiger partial charge in [0.05, 0.1) is 0 Å². The first-order valence-corrected chi connectivity index (χ1v) is 7.78. The number of anilines is 1. The Balaban J connectivity index is 1.69. The highest BCUT2D eigenvalue weighted by molar-refractivity contribution is 5.38. The summed E-state index contributed by atoms with van der Waals surface area (Å²) in [6, 6.07) is 4.72. The normalized spacial score (nSPS) is 23.6. The Hall–Kier alpha value is -1.36. The SMILES string of the molecule is Cn1nc(N2CCCCC2CNC2CCC2)ccc1=O. The van der Waals surface area contributed by atoms with Crippen LogP contribution in [0.25, 0.3) is 0 Å². The van der Waals surface area contributed by atoms with Crippen LogP contribution in [-0.2, 0) is 7.05 Å². The van der Waals surface area contributed by atoms with Crippen molar-refractivity contribution in [1.82, 2.24) is 15.1 Å². The van der Waals surface area contributed by atoms with E-state index in [1.165, 1.54) is 43.2 Å². The number of aromatic nitrogens is 2. The van der Waals surface area contributed by atoms with Crippen molar-refractivity contribution in [2.24, 2.45) is 7.05 Å². The summed E-state index contributed by atoms with van der Waals surface area (Å²) in [4.78, 5) is 13.8. The molecule has 1 unspecified atom stereocenters. The summed E-state index contributed by atoms with van der Waals surface area (Å²) >= 11 is 0. The van der Waals surface area contributed by atoms with E-state index in [-0.39, 0.29) is 5.56 Å². The Morgan fingerprint density at radius 1 is 1.25 bits per heavy atom. The zero-order valence-electron chi connectivity index (χ0n) is 12.2. The summed E-state index contributed by atoms with van der Waals surface area (Å²) in [6.45, 7) is 2.08. The topological polar surface area (TPSA) is 50.2 Å². The molecule has 1 N–H and O–H groups in total. The van der Waals surface area contributed by atoms with Crippen molar-refractivity contribution >= 4 is 5.82 Å². The molecule has 3 rings (SSSR count). The van der Waals surface area contributed by atoms with Crippen LogP contribution in [-0.4, -0.2) is 35.0 Å². The molecule has 1 atom stereocenters. The number of aryl methyl sites for hydroxylation is 1. The molecule has 20 heavy (non-hydrogen) atoms. The maximum absolute atomic E-state index is 11.5. The molecule has 1 saturated heterocycles. The highest BCUT2D eigenvalue weighted by atomic mass is 16.1. The van der Waals surface area contributed by atoms with Gasteiger partial charge in [0.2, 0.25) is 0 Å². The van der Waals surface area contributed by atoms with Crippen molar-refractivity contribution in [3.05, 3.63) is 22.5 Å².